The zero-order valence-electron chi connectivity index (χ0n) is 52.9. The highest BCUT2D eigenvalue weighted by molar-refractivity contribution is 5.76. The van der Waals surface area contributed by atoms with E-state index in [2.05, 4.69) is 43.5 Å². The van der Waals surface area contributed by atoms with Gasteiger partial charge >= 0.3 is 5.97 Å². The molecule has 0 aliphatic heterocycles. The van der Waals surface area contributed by atoms with Crippen LogP contribution >= 0.6 is 0 Å². The van der Waals surface area contributed by atoms with Crippen molar-refractivity contribution in [1.82, 2.24) is 5.32 Å². The van der Waals surface area contributed by atoms with E-state index in [1.165, 1.54) is 321 Å². The molecule has 0 aliphatic rings. The SMILES string of the molecule is CCCC/C=C\CCCCCCCC(=O)OCCCCCCCCCCCCCCCC/C=C\CCCCCCCCCCCCCCCCCCCC(=O)NC(CO)C(O)CCCCCCCCCCCCCCCCC. The van der Waals surface area contributed by atoms with Crippen LogP contribution in [0.15, 0.2) is 24.3 Å². The van der Waals surface area contributed by atoms with Crippen molar-refractivity contribution in [3.63, 3.8) is 0 Å². The molecule has 0 saturated carbocycles. The van der Waals surface area contributed by atoms with Gasteiger partial charge in [0, 0.05) is 12.8 Å². The molecule has 0 aliphatic carbocycles. The number of rotatable bonds is 67. The maximum Gasteiger partial charge on any atom is 0.305 e. The Morgan fingerprint density at radius 3 is 0.949 bits per heavy atom. The molecule has 2 unspecified atom stereocenters. The van der Waals surface area contributed by atoms with Crippen LogP contribution in [0.3, 0.4) is 0 Å². The van der Waals surface area contributed by atoms with Crippen LogP contribution < -0.4 is 5.32 Å². The number of hydrogen-bond donors (Lipinski definition) is 3. The summed E-state index contributed by atoms with van der Waals surface area (Å²) in [5.74, 6) is -0.0189. The second kappa shape index (κ2) is 67.8. The smallest absolute Gasteiger partial charge is 0.305 e. The van der Waals surface area contributed by atoms with Gasteiger partial charge in [-0.2, -0.15) is 0 Å². The lowest BCUT2D eigenvalue weighted by atomic mass is 10.0. The molecule has 2 atom stereocenters. The van der Waals surface area contributed by atoms with Crippen molar-refractivity contribution in [2.75, 3.05) is 13.2 Å². The lowest BCUT2D eigenvalue weighted by molar-refractivity contribution is -0.143. The summed E-state index contributed by atoms with van der Waals surface area (Å²) in [5, 5.41) is 23.3. The Morgan fingerprint density at radius 1 is 0.346 bits per heavy atom. The quantitative estimate of drug-likeness (QED) is 0.0320. The Bertz CT molecular complexity index is 1220. The van der Waals surface area contributed by atoms with Gasteiger partial charge in [-0.1, -0.05) is 340 Å². The van der Waals surface area contributed by atoms with Gasteiger partial charge in [0.15, 0.2) is 0 Å². The Labute approximate surface area is 488 Å². The second-order valence-corrected chi connectivity index (χ2v) is 24.6. The number of unbranched alkanes of at least 4 members (excludes halogenated alkanes) is 52. The van der Waals surface area contributed by atoms with Gasteiger partial charge in [0.05, 0.1) is 25.4 Å². The van der Waals surface area contributed by atoms with Crippen LogP contribution in [0, 0.1) is 0 Å². The van der Waals surface area contributed by atoms with Crippen molar-refractivity contribution in [1.29, 1.82) is 0 Å². The number of hydrogen-bond acceptors (Lipinski definition) is 5. The molecular formula is C72H139NO5. The molecule has 0 aromatic rings. The number of allylic oxidation sites excluding steroid dienone is 4. The van der Waals surface area contributed by atoms with Crippen LogP contribution in [0.4, 0.5) is 0 Å². The van der Waals surface area contributed by atoms with E-state index < -0.39 is 12.1 Å². The van der Waals surface area contributed by atoms with Crippen molar-refractivity contribution in [3.8, 4) is 0 Å². The molecule has 0 heterocycles. The van der Waals surface area contributed by atoms with Gasteiger partial charge in [-0.25, -0.2) is 0 Å². The Kier molecular flexibility index (Phi) is 66.4. The number of nitrogens with one attached hydrogen (secondary N) is 1. The van der Waals surface area contributed by atoms with Gasteiger partial charge in [-0.15, -0.1) is 0 Å². The molecule has 6 heteroatoms. The molecule has 0 radical (unpaired) electrons. The highest BCUT2D eigenvalue weighted by Crippen LogP contribution is 2.19. The van der Waals surface area contributed by atoms with E-state index in [4.69, 9.17) is 4.74 Å². The second-order valence-electron chi connectivity index (χ2n) is 24.6. The topological polar surface area (TPSA) is 95.9 Å². The summed E-state index contributed by atoms with van der Waals surface area (Å²) in [6.45, 7) is 4.95. The van der Waals surface area contributed by atoms with Gasteiger partial charge < -0.3 is 20.3 Å². The fourth-order valence-corrected chi connectivity index (χ4v) is 11.3. The number of aliphatic hydroxyl groups is 2. The number of carbonyl (C=O) groups is 2. The lowest BCUT2D eigenvalue weighted by Crippen LogP contribution is -2.45. The van der Waals surface area contributed by atoms with Crippen LogP contribution in [0.1, 0.15) is 399 Å². The minimum absolute atomic E-state index is 0.00950. The third-order valence-corrected chi connectivity index (χ3v) is 16.7. The molecule has 0 fully saturated rings. The first-order valence-electron chi connectivity index (χ1n) is 35.6. The van der Waals surface area contributed by atoms with E-state index in [0.717, 1.165) is 44.9 Å². The first-order chi connectivity index (χ1) is 38.5. The molecule has 0 aromatic carbocycles. The minimum Gasteiger partial charge on any atom is -0.466 e. The zero-order chi connectivity index (χ0) is 56.4. The number of amides is 1. The molecule has 1 amide bonds. The Hall–Kier alpha value is -1.66. The van der Waals surface area contributed by atoms with Crippen molar-refractivity contribution < 1.29 is 24.5 Å². The molecule has 0 saturated heterocycles. The number of esters is 1. The van der Waals surface area contributed by atoms with Crippen LogP contribution in [0.5, 0.6) is 0 Å². The molecule has 0 rings (SSSR count). The molecule has 0 spiro atoms. The summed E-state index contributed by atoms with van der Waals surface area (Å²) in [6, 6.07) is -0.538. The fraction of sp³-hybridized carbons (Fsp3) is 0.917. The predicted octanol–water partition coefficient (Wildman–Crippen LogP) is 22.9. The Balaban J connectivity index is 3.33. The summed E-state index contributed by atoms with van der Waals surface area (Å²) < 4.78 is 5.47. The molecule has 462 valence electrons. The first kappa shape index (κ1) is 76.3. The average molecular weight is 1100 g/mol. The van der Waals surface area contributed by atoms with Crippen LogP contribution in [-0.4, -0.2) is 47.4 Å². The maximum atomic E-state index is 12.5. The average Bonchev–Trinajstić information content (AvgIpc) is 3.44. The molecular weight excluding hydrogens is 959 g/mol. The third-order valence-electron chi connectivity index (χ3n) is 16.7. The molecule has 78 heavy (non-hydrogen) atoms. The van der Waals surface area contributed by atoms with Gasteiger partial charge in [0.25, 0.3) is 0 Å². The normalized spacial score (nSPS) is 12.6. The van der Waals surface area contributed by atoms with E-state index in [1.807, 2.05) is 0 Å². The molecule has 3 N–H and O–H groups in total. The van der Waals surface area contributed by atoms with Crippen molar-refractivity contribution in [3.05, 3.63) is 24.3 Å². The maximum absolute atomic E-state index is 12.5. The Morgan fingerprint density at radius 2 is 0.615 bits per heavy atom. The monoisotopic (exact) mass is 1100 g/mol. The van der Waals surface area contributed by atoms with Crippen molar-refractivity contribution in [2.45, 2.75) is 411 Å². The van der Waals surface area contributed by atoms with Gasteiger partial charge in [0.1, 0.15) is 0 Å². The van der Waals surface area contributed by atoms with Crippen LogP contribution in [0.25, 0.3) is 0 Å². The van der Waals surface area contributed by atoms with E-state index in [9.17, 15) is 19.8 Å². The van der Waals surface area contributed by atoms with Gasteiger partial charge in [-0.3, -0.25) is 9.59 Å². The first-order valence-corrected chi connectivity index (χ1v) is 35.6. The summed E-state index contributed by atoms with van der Waals surface area (Å²) in [5.41, 5.74) is 0. The largest absolute Gasteiger partial charge is 0.466 e. The molecule has 0 aromatic heterocycles. The van der Waals surface area contributed by atoms with E-state index in [-0.39, 0.29) is 18.5 Å². The van der Waals surface area contributed by atoms with Crippen molar-refractivity contribution in [2.24, 2.45) is 0 Å². The standard InChI is InChI=1S/C72H139NO5/c1-3-5-7-9-11-13-15-16-38-41-45-48-52-56-60-64-70(75)69(68-74)73-71(76)65-61-57-53-49-46-42-39-36-34-32-30-28-26-24-22-20-18-17-19-21-23-25-27-29-31-33-35-37-40-43-47-51-55-59-63-67-78-72(77)66-62-58-54-50-44-14-12-10-8-6-4-2/h10,12,19,21,69-70,74-75H,3-9,11,13-18,20,22-68H2,1-2H3,(H,73,76)/b12-10-,21-19-. The molecule has 6 nitrogen and oxygen atoms in total. The van der Waals surface area contributed by atoms with E-state index in [1.54, 1.807) is 0 Å². The van der Waals surface area contributed by atoms with E-state index in [0.29, 0.717) is 25.9 Å². The zero-order valence-corrected chi connectivity index (χ0v) is 52.9. The van der Waals surface area contributed by atoms with Crippen molar-refractivity contribution >= 4 is 11.9 Å². The third kappa shape index (κ3) is 63.5. The number of aliphatic hydroxyl groups excluding tert-OH is 2. The fourth-order valence-electron chi connectivity index (χ4n) is 11.3. The highest BCUT2D eigenvalue weighted by atomic mass is 16.5. The lowest BCUT2D eigenvalue weighted by Gasteiger charge is -2.22. The van der Waals surface area contributed by atoms with Crippen LogP contribution in [-0.2, 0) is 14.3 Å². The van der Waals surface area contributed by atoms with Gasteiger partial charge in [0.2, 0.25) is 5.91 Å². The van der Waals surface area contributed by atoms with E-state index >= 15 is 0 Å². The summed E-state index contributed by atoms with van der Waals surface area (Å²) in [4.78, 5) is 24.5. The number of ether oxygens (including phenoxy) is 1. The predicted molar refractivity (Wildman–Crippen MR) is 343 cm³/mol. The van der Waals surface area contributed by atoms with Gasteiger partial charge in [-0.05, 0) is 70.6 Å². The molecule has 0 bridgehead atoms. The minimum atomic E-state index is -0.661. The summed E-state index contributed by atoms with van der Waals surface area (Å²) in [7, 11) is 0. The highest BCUT2D eigenvalue weighted by Gasteiger charge is 2.20. The number of carbonyl (C=O) groups excluding carboxylic acids is 2. The summed E-state index contributed by atoms with van der Waals surface area (Å²) >= 11 is 0. The van der Waals surface area contributed by atoms with Crippen LogP contribution in [0.2, 0.25) is 0 Å². The summed E-state index contributed by atoms with van der Waals surface area (Å²) in [6.07, 6.45) is 85.3.